The summed E-state index contributed by atoms with van der Waals surface area (Å²) in [5, 5.41) is 0. The van der Waals surface area contributed by atoms with Crippen LogP contribution in [0.1, 0.15) is 45.4 Å². The molecule has 0 amide bonds. The second kappa shape index (κ2) is 9.17. The van der Waals surface area contributed by atoms with Gasteiger partial charge in [-0.15, -0.1) is 0 Å². The van der Waals surface area contributed by atoms with E-state index >= 15 is 0 Å². The number of nitrogens with zero attached hydrogens (tertiary/aromatic N) is 1. The largest absolute Gasteiger partial charge is 0.459 e. The van der Waals surface area contributed by atoms with E-state index in [4.69, 9.17) is 5.73 Å². The molecular weight excluding hydrogens is 308 g/mol. The van der Waals surface area contributed by atoms with E-state index in [1.807, 2.05) is 0 Å². The maximum atomic E-state index is 11.9. The van der Waals surface area contributed by atoms with Gasteiger partial charge in [-0.05, 0) is 30.7 Å². The molecule has 0 radical (unpaired) electrons. The fraction of sp³-hybridized carbons (Fsp3) is 0.571. The van der Waals surface area contributed by atoms with Gasteiger partial charge in [0.2, 0.25) is 0 Å². The van der Waals surface area contributed by atoms with Crippen molar-refractivity contribution in [2.24, 2.45) is 0 Å². The lowest BCUT2D eigenvalue weighted by atomic mass is 10.1. The molecule has 0 aliphatic rings. The normalized spacial score (nSPS) is 13.2. The first-order valence-corrected chi connectivity index (χ1v) is 9.89. The van der Waals surface area contributed by atoms with Gasteiger partial charge < -0.3 is 9.86 Å². The third kappa shape index (κ3) is 7.06. The van der Waals surface area contributed by atoms with E-state index in [9.17, 15) is 12.6 Å². The van der Waals surface area contributed by atoms with Crippen LogP contribution in [0.25, 0.3) is 4.13 Å². The van der Waals surface area contributed by atoms with Crippen LogP contribution in [0, 0.1) is 0 Å². The fourth-order valence-corrected chi connectivity index (χ4v) is 4.28. The minimum Gasteiger partial charge on any atom is -0.459 e. The lowest BCUT2D eigenvalue weighted by Gasteiger charge is -2.19. The zero-order valence-corrected chi connectivity index (χ0v) is 14.0. The Morgan fingerprint density at radius 3 is 2.24 bits per heavy atom. The maximum absolute atomic E-state index is 11.9. The van der Waals surface area contributed by atoms with Gasteiger partial charge in [0, 0.05) is 16.3 Å². The zero-order valence-electron chi connectivity index (χ0n) is 12.3. The molecule has 0 saturated heterocycles. The first-order chi connectivity index (χ1) is 9.95. The van der Waals surface area contributed by atoms with Crippen LogP contribution in [0.15, 0.2) is 29.2 Å². The molecular formula is C14H23N2O3S2-. The van der Waals surface area contributed by atoms with Gasteiger partial charge in [-0.2, -0.15) is 0 Å². The summed E-state index contributed by atoms with van der Waals surface area (Å²) < 4.78 is 39.0. The van der Waals surface area contributed by atoms with Crippen molar-refractivity contribution in [3.05, 3.63) is 28.4 Å². The van der Waals surface area contributed by atoms with Crippen molar-refractivity contribution in [3.63, 3.8) is 0 Å². The highest BCUT2D eigenvalue weighted by Gasteiger charge is 2.05. The smallest absolute Gasteiger partial charge is 0.110 e. The molecule has 5 nitrogen and oxygen atoms in total. The molecule has 7 heteroatoms. The number of nitrogen functional groups attached to an aromatic ring is 1. The molecule has 0 spiro atoms. The Bertz CT molecular complexity index is 542. The number of rotatable bonds is 10. The standard InChI is InChI=1S/C14H23N2O3S2/c1-2-3-4-5-6-7-12-20(17)16-21(18,19)14-10-8-13(15)9-11-14/h8-11H,2-7,12,15H2,1H3/q-1. The molecule has 0 heterocycles. The Kier molecular flexibility index (Phi) is 7.92. The summed E-state index contributed by atoms with van der Waals surface area (Å²) in [6.07, 6.45) is 6.35. The summed E-state index contributed by atoms with van der Waals surface area (Å²) in [4.78, 5) is 0.0213. The van der Waals surface area contributed by atoms with Gasteiger partial charge in [-0.25, -0.2) is 8.42 Å². The van der Waals surface area contributed by atoms with Crippen molar-refractivity contribution in [3.8, 4) is 0 Å². The third-order valence-corrected chi connectivity index (χ3v) is 5.99. The van der Waals surface area contributed by atoms with E-state index in [1.54, 1.807) is 0 Å². The highest BCUT2D eigenvalue weighted by molar-refractivity contribution is 8.09. The predicted octanol–water partition coefficient (Wildman–Crippen LogP) is 3.36. The Labute approximate surface area is 130 Å². The molecule has 0 aromatic heterocycles. The van der Waals surface area contributed by atoms with Crippen LogP contribution >= 0.6 is 0 Å². The van der Waals surface area contributed by atoms with E-state index in [2.05, 4.69) is 11.1 Å². The number of unbranched alkanes of at least 4 members (excludes halogenated alkanes) is 5. The van der Waals surface area contributed by atoms with E-state index in [-0.39, 0.29) is 4.90 Å². The molecule has 120 valence electrons. The van der Waals surface area contributed by atoms with Crippen LogP contribution in [0.4, 0.5) is 5.69 Å². The van der Waals surface area contributed by atoms with E-state index < -0.39 is 21.0 Å². The van der Waals surface area contributed by atoms with Crippen molar-refractivity contribution in [1.82, 2.24) is 0 Å². The molecule has 1 rings (SSSR count). The van der Waals surface area contributed by atoms with Crippen molar-refractivity contribution in [2.75, 3.05) is 11.5 Å². The SMILES string of the molecule is CCCCCCCCS(=O)[N-]S(=O)(=O)c1ccc(N)cc1. The zero-order chi connectivity index (χ0) is 15.7. The molecule has 0 bridgehead atoms. The summed E-state index contributed by atoms with van der Waals surface area (Å²) in [6.45, 7) is 2.15. The van der Waals surface area contributed by atoms with Gasteiger partial charge in [-0.1, -0.05) is 50.0 Å². The highest BCUT2D eigenvalue weighted by atomic mass is 32.3. The summed E-state index contributed by atoms with van der Waals surface area (Å²) in [6, 6.07) is 5.71. The van der Waals surface area contributed by atoms with Crippen LogP contribution in [0.5, 0.6) is 0 Å². The molecule has 1 aromatic rings. The summed E-state index contributed by atoms with van der Waals surface area (Å²) >= 11 is 0. The Morgan fingerprint density at radius 1 is 1.05 bits per heavy atom. The topological polar surface area (TPSA) is 91.3 Å². The first-order valence-electron chi connectivity index (χ1n) is 7.18. The number of sulfonamides is 1. The molecule has 1 aromatic carbocycles. The monoisotopic (exact) mass is 331 g/mol. The molecule has 0 aliphatic heterocycles. The number of hydrogen-bond acceptors (Lipinski definition) is 4. The molecule has 0 aliphatic carbocycles. The lowest BCUT2D eigenvalue weighted by Crippen LogP contribution is -2.05. The maximum Gasteiger partial charge on any atom is 0.110 e. The minimum absolute atomic E-state index is 0.0213. The number of benzene rings is 1. The van der Waals surface area contributed by atoms with E-state index in [1.165, 1.54) is 43.5 Å². The second-order valence-corrected chi connectivity index (χ2v) is 7.98. The van der Waals surface area contributed by atoms with E-state index in [0.717, 1.165) is 19.3 Å². The van der Waals surface area contributed by atoms with Crippen molar-refractivity contribution < 1.29 is 12.6 Å². The van der Waals surface area contributed by atoms with Gasteiger partial charge >= 0.3 is 0 Å². The number of anilines is 1. The quantitative estimate of drug-likeness (QED) is 0.525. The Balaban J connectivity index is 2.38. The van der Waals surface area contributed by atoms with E-state index in [0.29, 0.717) is 11.4 Å². The average Bonchev–Trinajstić information content (AvgIpc) is 2.42. The number of nitrogens with two attached hydrogens (primary N) is 1. The Hall–Kier alpha value is -0.920. The van der Waals surface area contributed by atoms with Gasteiger partial charge in [0.05, 0.1) is 0 Å². The van der Waals surface area contributed by atoms with Crippen LogP contribution in [-0.4, -0.2) is 18.4 Å². The lowest BCUT2D eigenvalue weighted by molar-refractivity contribution is 0.603. The third-order valence-electron chi connectivity index (χ3n) is 3.03. The van der Waals surface area contributed by atoms with Crippen LogP contribution in [-0.2, 0) is 21.0 Å². The van der Waals surface area contributed by atoms with Gasteiger partial charge in [0.15, 0.2) is 0 Å². The summed E-state index contributed by atoms with van der Waals surface area (Å²) in [5.41, 5.74) is 5.98. The summed E-state index contributed by atoms with van der Waals surface area (Å²) in [5.74, 6) is 0.292. The van der Waals surface area contributed by atoms with Crippen LogP contribution in [0.2, 0.25) is 0 Å². The van der Waals surface area contributed by atoms with Gasteiger partial charge in [0.1, 0.15) is 10.0 Å². The fourth-order valence-electron chi connectivity index (χ4n) is 1.84. The minimum atomic E-state index is -3.86. The van der Waals surface area contributed by atoms with Crippen LogP contribution < -0.4 is 5.73 Å². The second-order valence-electron chi connectivity index (χ2n) is 4.91. The highest BCUT2D eigenvalue weighted by Crippen LogP contribution is 2.20. The molecule has 21 heavy (non-hydrogen) atoms. The molecule has 0 saturated carbocycles. The summed E-state index contributed by atoms with van der Waals surface area (Å²) in [7, 11) is -5.56. The first kappa shape index (κ1) is 18.1. The molecule has 0 fully saturated rings. The predicted molar refractivity (Wildman–Crippen MR) is 87.8 cm³/mol. The van der Waals surface area contributed by atoms with Crippen molar-refractivity contribution in [1.29, 1.82) is 0 Å². The molecule has 1 unspecified atom stereocenters. The average molecular weight is 331 g/mol. The van der Waals surface area contributed by atoms with Gasteiger partial charge in [-0.3, -0.25) is 4.21 Å². The van der Waals surface area contributed by atoms with Crippen LogP contribution in [0.3, 0.4) is 0 Å². The molecule has 1 atom stereocenters. The Morgan fingerprint density at radius 2 is 1.62 bits per heavy atom. The number of hydrogen-bond donors (Lipinski definition) is 1. The van der Waals surface area contributed by atoms with Crippen molar-refractivity contribution in [2.45, 2.75) is 50.3 Å². The van der Waals surface area contributed by atoms with Crippen molar-refractivity contribution >= 4 is 26.7 Å². The van der Waals surface area contributed by atoms with Gasteiger partial charge in [0.25, 0.3) is 0 Å². The molecule has 2 N–H and O–H groups in total.